The number of carboxylic acid groups (broad SMARTS) is 1. The molecule has 114 valence electrons. The Hall–Kier alpha value is -2.37. The topological polar surface area (TPSA) is 95.5 Å². The number of rotatable bonds is 6. The molecule has 1 rings (SSSR count). The molecule has 0 bridgehead atoms. The van der Waals surface area contributed by atoms with Gasteiger partial charge in [0, 0.05) is 5.56 Å². The molecule has 2 amide bonds. The Morgan fingerprint density at radius 1 is 1.19 bits per heavy atom. The zero-order valence-corrected chi connectivity index (χ0v) is 12.4. The van der Waals surface area contributed by atoms with Crippen molar-refractivity contribution >= 4 is 17.8 Å². The van der Waals surface area contributed by atoms with Gasteiger partial charge in [0.1, 0.15) is 5.54 Å². The molecule has 0 fully saturated rings. The van der Waals surface area contributed by atoms with Gasteiger partial charge in [0.2, 0.25) is 5.91 Å². The van der Waals surface area contributed by atoms with Crippen LogP contribution in [0.5, 0.6) is 0 Å². The van der Waals surface area contributed by atoms with Gasteiger partial charge in [-0.2, -0.15) is 0 Å². The molecule has 0 aliphatic rings. The van der Waals surface area contributed by atoms with E-state index in [1.165, 1.54) is 6.92 Å². The first-order chi connectivity index (χ1) is 9.78. The Morgan fingerprint density at radius 3 is 2.24 bits per heavy atom. The van der Waals surface area contributed by atoms with E-state index < -0.39 is 17.4 Å². The lowest BCUT2D eigenvalue weighted by Crippen LogP contribution is -2.54. The summed E-state index contributed by atoms with van der Waals surface area (Å²) in [4.78, 5) is 34.6. The summed E-state index contributed by atoms with van der Waals surface area (Å²) in [7, 11) is 0. The Bertz CT molecular complexity index is 539. The lowest BCUT2D eigenvalue weighted by molar-refractivity contribution is -0.146. The number of carboxylic acids is 1. The van der Waals surface area contributed by atoms with E-state index in [0.717, 1.165) is 5.56 Å². The average Bonchev–Trinajstić information content (AvgIpc) is 2.45. The second kappa shape index (κ2) is 6.88. The maximum Gasteiger partial charge on any atom is 0.329 e. The number of carbonyl (C=O) groups is 3. The van der Waals surface area contributed by atoms with Crippen LogP contribution < -0.4 is 10.6 Å². The fourth-order valence-corrected chi connectivity index (χ4v) is 1.61. The van der Waals surface area contributed by atoms with Crippen LogP contribution in [0.1, 0.15) is 36.2 Å². The number of amides is 2. The van der Waals surface area contributed by atoms with Crippen LogP contribution in [0.4, 0.5) is 0 Å². The summed E-state index contributed by atoms with van der Waals surface area (Å²) in [5, 5.41) is 13.9. The molecule has 1 unspecified atom stereocenters. The fraction of sp³-hybridized carbons (Fsp3) is 0.400. The summed E-state index contributed by atoms with van der Waals surface area (Å²) in [5.74, 6) is -2.02. The average molecular weight is 292 g/mol. The normalized spacial score (nSPS) is 13.1. The minimum atomic E-state index is -1.33. The third kappa shape index (κ3) is 4.59. The maximum absolute atomic E-state index is 11.8. The summed E-state index contributed by atoms with van der Waals surface area (Å²) >= 11 is 0. The Morgan fingerprint density at radius 2 is 1.76 bits per heavy atom. The van der Waals surface area contributed by atoms with Crippen LogP contribution in [0.2, 0.25) is 0 Å². The van der Waals surface area contributed by atoms with Crippen LogP contribution in [-0.4, -0.2) is 35.0 Å². The summed E-state index contributed by atoms with van der Waals surface area (Å²) in [6, 6.07) is 6.92. The molecule has 21 heavy (non-hydrogen) atoms. The number of hydrogen-bond acceptors (Lipinski definition) is 3. The van der Waals surface area contributed by atoms with Gasteiger partial charge in [0.15, 0.2) is 0 Å². The summed E-state index contributed by atoms with van der Waals surface area (Å²) in [6.45, 7) is 4.73. The standard InChI is InChI=1S/C15H20N2O4/c1-4-15(3,14(20)21)17-12(18)9-16-13(19)11-7-5-10(2)6-8-11/h5-8H,4,9H2,1-3H3,(H,16,19)(H,17,18)(H,20,21). The molecule has 6 heteroatoms. The van der Waals surface area contributed by atoms with Gasteiger partial charge in [0.25, 0.3) is 5.91 Å². The molecule has 0 aliphatic heterocycles. The molecule has 0 heterocycles. The molecule has 0 aliphatic carbocycles. The highest BCUT2D eigenvalue weighted by Crippen LogP contribution is 2.08. The molecular weight excluding hydrogens is 272 g/mol. The summed E-state index contributed by atoms with van der Waals surface area (Å²) in [5.41, 5.74) is 0.153. The largest absolute Gasteiger partial charge is 0.480 e. The van der Waals surface area contributed by atoms with E-state index in [0.29, 0.717) is 5.56 Å². The van der Waals surface area contributed by atoms with Gasteiger partial charge in [-0.3, -0.25) is 9.59 Å². The Labute approximate surface area is 123 Å². The summed E-state index contributed by atoms with van der Waals surface area (Å²) < 4.78 is 0. The Kier molecular flexibility index (Phi) is 5.46. The molecule has 6 nitrogen and oxygen atoms in total. The van der Waals surface area contributed by atoms with Crippen LogP contribution in [0.25, 0.3) is 0 Å². The van der Waals surface area contributed by atoms with Crippen molar-refractivity contribution in [3.8, 4) is 0 Å². The predicted octanol–water partition coefficient (Wildman–Crippen LogP) is 1.09. The molecule has 0 saturated heterocycles. The van der Waals surface area contributed by atoms with Crippen molar-refractivity contribution < 1.29 is 19.5 Å². The number of aliphatic carboxylic acids is 1. The molecular formula is C15H20N2O4. The van der Waals surface area contributed by atoms with Crippen LogP contribution in [-0.2, 0) is 9.59 Å². The second-order valence-electron chi connectivity index (χ2n) is 5.09. The lowest BCUT2D eigenvalue weighted by atomic mass is 9.99. The van der Waals surface area contributed by atoms with Crippen molar-refractivity contribution in [1.29, 1.82) is 0 Å². The van der Waals surface area contributed by atoms with E-state index in [9.17, 15) is 14.4 Å². The quantitative estimate of drug-likeness (QED) is 0.731. The molecule has 1 aromatic carbocycles. The Balaban J connectivity index is 2.55. The molecule has 0 spiro atoms. The van der Waals surface area contributed by atoms with Crippen molar-refractivity contribution in [2.75, 3.05) is 6.54 Å². The van der Waals surface area contributed by atoms with E-state index in [-0.39, 0.29) is 18.9 Å². The summed E-state index contributed by atoms with van der Waals surface area (Å²) in [6.07, 6.45) is 0.250. The number of carbonyl (C=O) groups excluding carboxylic acids is 2. The van der Waals surface area contributed by atoms with Crippen molar-refractivity contribution in [2.24, 2.45) is 0 Å². The van der Waals surface area contributed by atoms with Gasteiger partial charge in [-0.15, -0.1) is 0 Å². The zero-order chi connectivity index (χ0) is 16.0. The second-order valence-corrected chi connectivity index (χ2v) is 5.09. The minimum absolute atomic E-state index is 0.250. The first kappa shape index (κ1) is 16.7. The highest BCUT2D eigenvalue weighted by Gasteiger charge is 2.32. The fourth-order valence-electron chi connectivity index (χ4n) is 1.61. The van der Waals surface area contributed by atoms with Crippen molar-refractivity contribution in [1.82, 2.24) is 10.6 Å². The molecule has 1 aromatic rings. The van der Waals surface area contributed by atoms with Crippen LogP contribution in [0, 0.1) is 6.92 Å². The van der Waals surface area contributed by atoms with Gasteiger partial charge in [0.05, 0.1) is 6.54 Å². The predicted molar refractivity (Wildman–Crippen MR) is 78.0 cm³/mol. The van der Waals surface area contributed by atoms with Crippen LogP contribution in [0.15, 0.2) is 24.3 Å². The van der Waals surface area contributed by atoms with E-state index in [1.54, 1.807) is 31.2 Å². The first-order valence-corrected chi connectivity index (χ1v) is 6.68. The monoisotopic (exact) mass is 292 g/mol. The van der Waals surface area contributed by atoms with E-state index in [2.05, 4.69) is 10.6 Å². The first-order valence-electron chi connectivity index (χ1n) is 6.68. The molecule has 3 N–H and O–H groups in total. The lowest BCUT2D eigenvalue weighted by Gasteiger charge is -2.24. The van der Waals surface area contributed by atoms with Crippen molar-refractivity contribution in [2.45, 2.75) is 32.7 Å². The zero-order valence-electron chi connectivity index (χ0n) is 12.4. The van der Waals surface area contributed by atoms with Gasteiger partial charge < -0.3 is 15.7 Å². The minimum Gasteiger partial charge on any atom is -0.480 e. The third-order valence-corrected chi connectivity index (χ3v) is 3.32. The number of nitrogens with one attached hydrogen (secondary N) is 2. The van der Waals surface area contributed by atoms with Gasteiger partial charge >= 0.3 is 5.97 Å². The van der Waals surface area contributed by atoms with Crippen molar-refractivity contribution in [3.63, 3.8) is 0 Å². The molecule has 0 aromatic heterocycles. The molecule has 0 saturated carbocycles. The van der Waals surface area contributed by atoms with Gasteiger partial charge in [-0.05, 0) is 32.4 Å². The van der Waals surface area contributed by atoms with Gasteiger partial charge in [-0.25, -0.2) is 4.79 Å². The number of benzene rings is 1. The van der Waals surface area contributed by atoms with E-state index in [1.807, 2.05) is 6.92 Å². The maximum atomic E-state index is 11.8. The van der Waals surface area contributed by atoms with Crippen molar-refractivity contribution in [3.05, 3.63) is 35.4 Å². The van der Waals surface area contributed by atoms with E-state index >= 15 is 0 Å². The SMILES string of the molecule is CCC(C)(NC(=O)CNC(=O)c1ccc(C)cc1)C(=O)O. The van der Waals surface area contributed by atoms with Crippen LogP contribution >= 0.6 is 0 Å². The third-order valence-electron chi connectivity index (χ3n) is 3.32. The smallest absolute Gasteiger partial charge is 0.329 e. The number of hydrogen-bond donors (Lipinski definition) is 3. The highest BCUT2D eigenvalue weighted by atomic mass is 16.4. The molecule has 0 radical (unpaired) electrons. The highest BCUT2D eigenvalue weighted by molar-refractivity contribution is 5.97. The van der Waals surface area contributed by atoms with Gasteiger partial charge in [-0.1, -0.05) is 24.6 Å². The van der Waals surface area contributed by atoms with Crippen LogP contribution in [0.3, 0.4) is 0 Å². The molecule has 1 atom stereocenters. The number of aryl methyl sites for hydroxylation is 1. The van der Waals surface area contributed by atoms with E-state index in [4.69, 9.17) is 5.11 Å².